The Morgan fingerprint density at radius 1 is 1.29 bits per heavy atom. The Morgan fingerprint density at radius 2 is 2.00 bits per heavy atom. The van der Waals surface area contributed by atoms with Crippen LogP contribution in [0.25, 0.3) is 10.2 Å². The minimum atomic E-state index is 0.0247. The number of benzene rings is 1. The maximum Gasteiger partial charge on any atom is 0.305 e. The molecule has 2 aromatic rings. The number of fused-ring (bicyclic) bond motifs is 1. The van der Waals surface area contributed by atoms with Crippen LogP contribution in [0, 0.1) is 0 Å². The largest absolute Gasteiger partial charge is 0.312 e. The van der Waals surface area contributed by atoms with Gasteiger partial charge in [0.2, 0.25) is 0 Å². The molecule has 2 rings (SSSR count). The van der Waals surface area contributed by atoms with Gasteiger partial charge in [0, 0.05) is 0 Å². The molecule has 0 aliphatic heterocycles. The summed E-state index contributed by atoms with van der Waals surface area (Å²) < 4.78 is 1.04. The van der Waals surface area contributed by atoms with Gasteiger partial charge in [-0.25, -0.2) is 0 Å². The first kappa shape index (κ1) is 9.46. The monoisotopic (exact) mass is 207 g/mol. The first-order valence-electron chi connectivity index (χ1n) is 4.61. The lowest BCUT2D eigenvalue weighted by Gasteiger charge is -2.19. The molecule has 0 saturated carbocycles. The van der Waals surface area contributed by atoms with E-state index in [1.807, 2.05) is 12.1 Å². The van der Waals surface area contributed by atoms with Crippen molar-refractivity contribution in [1.82, 2.24) is 4.98 Å². The Labute approximate surface area is 86.6 Å². The van der Waals surface area contributed by atoms with Crippen LogP contribution in [0.5, 0.6) is 0 Å². The third-order valence-electron chi connectivity index (χ3n) is 2.26. The molecular weight excluding hydrogens is 194 g/mol. The van der Waals surface area contributed by atoms with Crippen LogP contribution in [0.2, 0.25) is 0 Å². The maximum absolute atomic E-state index is 11.2. The molecule has 0 unspecified atom stereocenters. The number of para-hydroxylation sites is 1. The van der Waals surface area contributed by atoms with Crippen LogP contribution in [0.15, 0.2) is 23.0 Å². The molecule has 1 N–H and O–H groups in total. The zero-order valence-corrected chi connectivity index (χ0v) is 9.37. The number of aromatic amines is 1. The summed E-state index contributed by atoms with van der Waals surface area (Å²) in [6.45, 7) is 6.45. The molecule has 0 radical (unpaired) electrons. The molecule has 0 atom stereocenters. The quantitative estimate of drug-likeness (QED) is 0.708. The molecule has 0 saturated heterocycles. The molecule has 1 heterocycles. The van der Waals surface area contributed by atoms with Gasteiger partial charge in [-0.1, -0.05) is 44.2 Å². The van der Waals surface area contributed by atoms with E-state index in [1.165, 1.54) is 16.9 Å². The second-order valence-electron chi connectivity index (χ2n) is 4.44. The van der Waals surface area contributed by atoms with Crippen LogP contribution in [0.3, 0.4) is 0 Å². The highest BCUT2D eigenvalue weighted by molar-refractivity contribution is 7.16. The average Bonchev–Trinajstić information content (AvgIpc) is 2.41. The number of aromatic nitrogens is 1. The van der Waals surface area contributed by atoms with Crippen LogP contribution in [-0.4, -0.2) is 4.98 Å². The van der Waals surface area contributed by atoms with Gasteiger partial charge in [-0.05, 0) is 17.0 Å². The van der Waals surface area contributed by atoms with E-state index in [0.717, 1.165) is 10.2 Å². The van der Waals surface area contributed by atoms with Gasteiger partial charge in [0.05, 0.1) is 10.2 Å². The third-order valence-corrected chi connectivity index (χ3v) is 3.11. The lowest BCUT2D eigenvalue weighted by Crippen LogP contribution is -2.11. The average molecular weight is 207 g/mol. The van der Waals surface area contributed by atoms with E-state index >= 15 is 0 Å². The van der Waals surface area contributed by atoms with Crippen molar-refractivity contribution in [1.29, 1.82) is 0 Å². The molecule has 1 aromatic heterocycles. The number of rotatable bonds is 0. The Bertz CT molecular complexity index is 516. The van der Waals surface area contributed by atoms with Gasteiger partial charge < -0.3 is 4.98 Å². The van der Waals surface area contributed by atoms with E-state index in [9.17, 15) is 4.79 Å². The van der Waals surface area contributed by atoms with Crippen molar-refractivity contribution in [3.8, 4) is 0 Å². The van der Waals surface area contributed by atoms with Gasteiger partial charge in [0.15, 0.2) is 0 Å². The van der Waals surface area contributed by atoms with Crippen molar-refractivity contribution in [2.45, 2.75) is 26.2 Å². The lowest BCUT2D eigenvalue weighted by molar-refractivity contribution is 0.595. The molecule has 0 fully saturated rings. The zero-order valence-electron chi connectivity index (χ0n) is 8.55. The first-order valence-corrected chi connectivity index (χ1v) is 5.42. The molecule has 0 spiro atoms. The van der Waals surface area contributed by atoms with E-state index in [2.05, 4.69) is 31.8 Å². The molecule has 3 heteroatoms. The maximum atomic E-state index is 11.2. The highest BCUT2D eigenvalue weighted by Crippen LogP contribution is 2.29. The predicted molar refractivity (Wildman–Crippen MR) is 61.1 cm³/mol. The van der Waals surface area contributed by atoms with Gasteiger partial charge in [0.25, 0.3) is 0 Å². The second kappa shape index (κ2) is 2.95. The normalized spacial score (nSPS) is 12.2. The number of hydrogen-bond acceptors (Lipinski definition) is 2. The molecule has 2 nitrogen and oxygen atoms in total. The summed E-state index contributed by atoms with van der Waals surface area (Å²) in [5, 5.41) is 0. The van der Waals surface area contributed by atoms with E-state index < -0.39 is 0 Å². The number of H-pyrrole nitrogens is 1. The summed E-state index contributed by atoms with van der Waals surface area (Å²) in [4.78, 5) is 14.2. The lowest BCUT2D eigenvalue weighted by atomic mass is 9.86. The minimum absolute atomic E-state index is 0.0247. The molecule has 1 aromatic carbocycles. The molecular formula is C11H13NOS. The van der Waals surface area contributed by atoms with E-state index in [0.29, 0.717) is 0 Å². The summed E-state index contributed by atoms with van der Waals surface area (Å²) in [6.07, 6.45) is 0. The van der Waals surface area contributed by atoms with Crippen molar-refractivity contribution in [3.63, 3.8) is 0 Å². The second-order valence-corrected chi connectivity index (χ2v) is 5.46. The minimum Gasteiger partial charge on any atom is -0.312 e. The van der Waals surface area contributed by atoms with Gasteiger partial charge in [-0.15, -0.1) is 0 Å². The molecule has 0 aliphatic rings. The predicted octanol–water partition coefficient (Wildman–Crippen LogP) is 2.89. The summed E-state index contributed by atoms with van der Waals surface area (Å²) in [5.41, 5.74) is 2.27. The van der Waals surface area contributed by atoms with Crippen molar-refractivity contribution in [2.24, 2.45) is 0 Å². The smallest absolute Gasteiger partial charge is 0.305 e. The topological polar surface area (TPSA) is 32.9 Å². The molecule has 0 amide bonds. The highest BCUT2D eigenvalue weighted by Gasteiger charge is 2.17. The van der Waals surface area contributed by atoms with Crippen LogP contribution in [-0.2, 0) is 5.41 Å². The van der Waals surface area contributed by atoms with Crippen LogP contribution in [0.4, 0.5) is 0 Å². The van der Waals surface area contributed by atoms with Crippen LogP contribution < -0.4 is 4.87 Å². The SMILES string of the molecule is CC(C)(C)c1cccc2sc(=O)[nH]c12. The van der Waals surface area contributed by atoms with Crippen LogP contribution in [0.1, 0.15) is 26.3 Å². The number of thiazole rings is 1. The Balaban J connectivity index is 2.83. The molecule has 0 aliphatic carbocycles. The van der Waals surface area contributed by atoms with E-state index in [-0.39, 0.29) is 10.3 Å². The fourth-order valence-electron chi connectivity index (χ4n) is 1.60. The van der Waals surface area contributed by atoms with Gasteiger partial charge >= 0.3 is 4.87 Å². The Kier molecular flexibility index (Phi) is 2.00. The van der Waals surface area contributed by atoms with Gasteiger partial charge in [0.1, 0.15) is 0 Å². The summed E-state index contributed by atoms with van der Waals surface area (Å²) >= 11 is 1.27. The van der Waals surface area contributed by atoms with Crippen molar-refractivity contribution < 1.29 is 0 Å². The van der Waals surface area contributed by atoms with Gasteiger partial charge in [-0.2, -0.15) is 0 Å². The van der Waals surface area contributed by atoms with Crippen molar-refractivity contribution in [2.75, 3.05) is 0 Å². The van der Waals surface area contributed by atoms with Crippen LogP contribution >= 0.6 is 11.3 Å². The molecule has 14 heavy (non-hydrogen) atoms. The highest BCUT2D eigenvalue weighted by atomic mass is 32.1. The fourth-order valence-corrected chi connectivity index (χ4v) is 2.36. The fraction of sp³-hybridized carbons (Fsp3) is 0.364. The number of nitrogens with one attached hydrogen (secondary N) is 1. The standard InChI is InChI=1S/C11H13NOS/c1-11(2,3)7-5-4-6-8-9(7)12-10(13)14-8/h4-6H,1-3H3,(H,12,13). The summed E-state index contributed by atoms with van der Waals surface area (Å²) in [7, 11) is 0. The summed E-state index contributed by atoms with van der Waals surface area (Å²) in [5.74, 6) is 0. The number of hydrogen-bond donors (Lipinski definition) is 1. The van der Waals surface area contributed by atoms with E-state index in [4.69, 9.17) is 0 Å². The van der Waals surface area contributed by atoms with Gasteiger partial charge in [-0.3, -0.25) is 4.79 Å². The van der Waals surface area contributed by atoms with E-state index in [1.54, 1.807) is 0 Å². The first-order chi connectivity index (χ1) is 6.48. The molecule has 74 valence electrons. The molecule has 0 bridgehead atoms. The van der Waals surface area contributed by atoms with Crippen molar-refractivity contribution in [3.05, 3.63) is 33.4 Å². The zero-order chi connectivity index (χ0) is 10.3. The van der Waals surface area contributed by atoms with Crippen molar-refractivity contribution >= 4 is 21.6 Å². The summed E-state index contributed by atoms with van der Waals surface area (Å²) in [6, 6.07) is 6.06. The Morgan fingerprint density at radius 3 is 2.64 bits per heavy atom. The Hall–Kier alpha value is -1.09. The third kappa shape index (κ3) is 1.48.